The van der Waals surface area contributed by atoms with Gasteiger partial charge in [0.15, 0.2) is 0 Å². The highest BCUT2D eigenvalue weighted by Gasteiger charge is 2.37. The third-order valence-corrected chi connectivity index (χ3v) is 7.16. The normalized spacial score (nSPS) is 16.9. The van der Waals surface area contributed by atoms with Gasteiger partial charge >= 0.3 is 0 Å². The van der Waals surface area contributed by atoms with Gasteiger partial charge in [-0.25, -0.2) is 0 Å². The van der Waals surface area contributed by atoms with Gasteiger partial charge in [-0.3, -0.25) is 29.4 Å². The van der Waals surface area contributed by atoms with Crippen molar-refractivity contribution in [1.82, 2.24) is 9.80 Å². The van der Waals surface area contributed by atoms with Crippen molar-refractivity contribution in [2.45, 2.75) is 6.61 Å². The predicted molar refractivity (Wildman–Crippen MR) is 141 cm³/mol. The molecule has 0 bridgehead atoms. The Morgan fingerprint density at radius 3 is 2.66 bits per heavy atom. The Balaban J connectivity index is 1.42. The molecule has 3 aromatic carbocycles. The summed E-state index contributed by atoms with van der Waals surface area (Å²) in [4.78, 5) is 51.9. The Morgan fingerprint density at radius 1 is 1.08 bits per heavy atom. The van der Waals surface area contributed by atoms with E-state index in [1.165, 1.54) is 12.1 Å². The Labute approximate surface area is 221 Å². The Bertz CT molecular complexity index is 1470. The van der Waals surface area contributed by atoms with Gasteiger partial charge in [0.2, 0.25) is 5.91 Å². The van der Waals surface area contributed by atoms with Crippen LogP contribution in [-0.4, -0.2) is 64.6 Å². The molecule has 0 spiro atoms. The lowest BCUT2D eigenvalue weighted by Gasteiger charge is -2.28. The molecule has 0 atom stereocenters. The molecule has 5 rings (SSSR count). The van der Waals surface area contributed by atoms with Crippen LogP contribution in [0, 0.1) is 10.1 Å². The standard InChI is InChI=1S/C27H23N3O7S/c31-25(28-10-12-36-13-11-28)16-29-26(32)24(38-27(29)33)15-22-21-7-2-1-5-19(21)8-9-23(22)37-17-18-4-3-6-20(14-18)30(34)35/h1-9,14-15H,10-13,16-17H2/b24-15+. The van der Waals surface area contributed by atoms with Crippen molar-refractivity contribution in [1.29, 1.82) is 0 Å². The second kappa shape index (κ2) is 11.0. The van der Waals surface area contributed by atoms with E-state index >= 15 is 0 Å². The molecular formula is C27H23N3O7S. The summed E-state index contributed by atoms with van der Waals surface area (Å²) in [5, 5.41) is 12.3. The number of non-ortho nitro benzene ring substituents is 1. The molecule has 0 radical (unpaired) electrons. The van der Waals surface area contributed by atoms with E-state index in [1.807, 2.05) is 30.3 Å². The van der Waals surface area contributed by atoms with E-state index in [0.29, 0.717) is 43.2 Å². The average molecular weight is 534 g/mol. The number of imide groups is 1. The van der Waals surface area contributed by atoms with Crippen LogP contribution in [0.4, 0.5) is 10.5 Å². The topological polar surface area (TPSA) is 119 Å². The van der Waals surface area contributed by atoms with Crippen LogP contribution < -0.4 is 4.74 Å². The van der Waals surface area contributed by atoms with E-state index in [4.69, 9.17) is 9.47 Å². The van der Waals surface area contributed by atoms with Crippen molar-refractivity contribution in [3.05, 3.63) is 86.8 Å². The number of rotatable bonds is 7. The number of carbonyl (C=O) groups excluding carboxylic acids is 3. The van der Waals surface area contributed by atoms with Gasteiger partial charge in [0.25, 0.3) is 16.8 Å². The quantitative estimate of drug-likeness (QED) is 0.252. The van der Waals surface area contributed by atoms with Crippen LogP contribution in [0.3, 0.4) is 0 Å². The smallest absolute Gasteiger partial charge is 0.294 e. The SMILES string of the molecule is O=C(CN1C(=O)S/C(=C/c2c(OCc3cccc([N+](=O)[O-])c3)ccc3ccccc23)C1=O)N1CCOCC1. The van der Waals surface area contributed by atoms with E-state index in [1.54, 1.807) is 29.2 Å². The Morgan fingerprint density at radius 2 is 1.87 bits per heavy atom. The highest BCUT2D eigenvalue weighted by molar-refractivity contribution is 8.18. The molecule has 0 aliphatic carbocycles. The molecule has 3 aromatic rings. The van der Waals surface area contributed by atoms with Crippen LogP contribution in [0.25, 0.3) is 16.8 Å². The molecule has 11 heteroatoms. The summed E-state index contributed by atoms with van der Waals surface area (Å²) >= 11 is 0.775. The first-order chi connectivity index (χ1) is 18.4. The first-order valence-corrected chi connectivity index (χ1v) is 12.7. The summed E-state index contributed by atoms with van der Waals surface area (Å²) in [6, 6.07) is 17.4. The Hall–Kier alpha value is -4.22. The van der Waals surface area contributed by atoms with Crippen molar-refractivity contribution in [3.63, 3.8) is 0 Å². The number of fused-ring (bicyclic) bond motifs is 1. The number of nitro benzene ring substituents is 1. The van der Waals surface area contributed by atoms with Gasteiger partial charge in [0.1, 0.15) is 18.9 Å². The lowest BCUT2D eigenvalue weighted by Crippen LogP contribution is -2.46. The molecule has 10 nitrogen and oxygen atoms in total. The summed E-state index contributed by atoms with van der Waals surface area (Å²) in [5.41, 5.74) is 1.17. The van der Waals surface area contributed by atoms with Crippen LogP contribution >= 0.6 is 11.8 Å². The number of nitrogens with zero attached hydrogens (tertiary/aromatic N) is 3. The number of thioether (sulfide) groups is 1. The van der Waals surface area contributed by atoms with E-state index < -0.39 is 16.1 Å². The zero-order valence-corrected chi connectivity index (χ0v) is 21.0. The monoisotopic (exact) mass is 533 g/mol. The minimum absolute atomic E-state index is 0.0369. The van der Waals surface area contributed by atoms with Gasteiger partial charge in [-0.2, -0.15) is 0 Å². The molecule has 194 valence electrons. The molecule has 2 fully saturated rings. The lowest BCUT2D eigenvalue weighted by atomic mass is 10.0. The number of ether oxygens (including phenoxy) is 2. The number of carbonyl (C=O) groups is 3. The van der Waals surface area contributed by atoms with E-state index in [-0.39, 0.29) is 29.7 Å². The predicted octanol–water partition coefficient (Wildman–Crippen LogP) is 4.22. The summed E-state index contributed by atoms with van der Waals surface area (Å²) in [6.45, 7) is 1.43. The number of nitro groups is 1. The molecule has 0 unspecified atom stereocenters. The number of morpholine rings is 1. The number of hydrogen-bond donors (Lipinski definition) is 0. The molecule has 2 aliphatic heterocycles. The van der Waals surface area contributed by atoms with Crippen molar-refractivity contribution in [3.8, 4) is 5.75 Å². The molecule has 0 aromatic heterocycles. The zero-order valence-electron chi connectivity index (χ0n) is 20.2. The highest BCUT2D eigenvalue weighted by atomic mass is 32.2. The van der Waals surface area contributed by atoms with Gasteiger partial charge in [-0.1, -0.05) is 42.5 Å². The average Bonchev–Trinajstić information content (AvgIpc) is 3.20. The molecule has 38 heavy (non-hydrogen) atoms. The van der Waals surface area contributed by atoms with Crippen LogP contribution in [0.2, 0.25) is 0 Å². The lowest BCUT2D eigenvalue weighted by molar-refractivity contribution is -0.384. The molecule has 3 amide bonds. The summed E-state index contributed by atoms with van der Waals surface area (Å²) < 4.78 is 11.3. The highest BCUT2D eigenvalue weighted by Crippen LogP contribution is 2.37. The molecule has 2 aliphatic rings. The van der Waals surface area contributed by atoms with Crippen molar-refractivity contribution < 1.29 is 28.8 Å². The summed E-state index contributed by atoms with van der Waals surface area (Å²) in [5.74, 6) is -0.395. The fraction of sp³-hybridized carbons (Fsp3) is 0.222. The van der Waals surface area contributed by atoms with Gasteiger partial charge in [0.05, 0.1) is 23.0 Å². The summed E-state index contributed by atoms with van der Waals surface area (Å²) in [6.07, 6.45) is 1.61. The van der Waals surface area contributed by atoms with Crippen LogP contribution in [0.5, 0.6) is 5.75 Å². The first kappa shape index (κ1) is 25.4. The minimum atomic E-state index is -0.542. The summed E-state index contributed by atoms with van der Waals surface area (Å²) in [7, 11) is 0. The maximum Gasteiger partial charge on any atom is 0.294 e. The van der Waals surface area contributed by atoms with E-state index in [0.717, 1.165) is 27.4 Å². The van der Waals surface area contributed by atoms with Crippen LogP contribution in [0.15, 0.2) is 65.6 Å². The maximum absolute atomic E-state index is 13.2. The molecule has 2 saturated heterocycles. The van der Waals surface area contributed by atoms with E-state index in [2.05, 4.69) is 0 Å². The van der Waals surface area contributed by atoms with Crippen molar-refractivity contribution in [2.75, 3.05) is 32.8 Å². The second-order valence-corrected chi connectivity index (χ2v) is 9.67. The number of benzene rings is 3. The molecule has 0 saturated carbocycles. The third-order valence-electron chi connectivity index (χ3n) is 6.25. The second-order valence-electron chi connectivity index (χ2n) is 8.68. The fourth-order valence-electron chi connectivity index (χ4n) is 4.29. The van der Waals surface area contributed by atoms with Gasteiger partial charge in [-0.05, 0) is 40.2 Å². The number of hydrogen-bond acceptors (Lipinski definition) is 8. The van der Waals surface area contributed by atoms with Crippen molar-refractivity contribution >= 4 is 51.4 Å². The zero-order chi connectivity index (χ0) is 26.6. The molecule has 2 heterocycles. The third kappa shape index (κ3) is 5.38. The first-order valence-electron chi connectivity index (χ1n) is 11.9. The van der Waals surface area contributed by atoms with E-state index in [9.17, 15) is 24.5 Å². The minimum Gasteiger partial charge on any atom is -0.488 e. The van der Waals surface area contributed by atoms with Gasteiger partial charge in [-0.15, -0.1) is 0 Å². The number of amides is 3. The van der Waals surface area contributed by atoms with Gasteiger partial charge in [0, 0.05) is 30.8 Å². The maximum atomic E-state index is 13.2. The Kier molecular flexibility index (Phi) is 7.38. The van der Waals surface area contributed by atoms with Gasteiger partial charge < -0.3 is 14.4 Å². The molecule has 0 N–H and O–H groups in total. The van der Waals surface area contributed by atoms with Crippen LogP contribution in [0.1, 0.15) is 11.1 Å². The van der Waals surface area contributed by atoms with Crippen LogP contribution in [-0.2, 0) is 20.9 Å². The fourth-order valence-corrected chi connectivity index (χ4v) is 5.11. The van der Waals surface area contributed by atoms with Crippen molar-refractivity contribution in [2.24, 2.45) is 0 Å². The molecular weight excluding hydrogens is 510 g/mol. The largest absolute Gasteiger partial charge is 0.488 e.